The minimum absolute atomic E-state index is 0.255. The van der Waals surface area contributed by atoms with Gasteiger partial charge in [0.1, 0.15) is 0 Å². The van der Waals surface area contributed by atoms with E-state index in [1.54, 1.807) is 11.3 Å². The smallest absolute Gasteiger partial charge is 0.321 e. The average molecular weight is 312 g/mol. The molecule has 1 rings (SSSR count). The maximum Gasteiger partial charge on any atom is 0.321 e. The van der Waals surface area contributed by atoms with Crippen molar-refractivity contribution in [3.63, 3.8) is 0 Å². The molecule has 6 nitrogen and oxygen atoms in total. The molecule has 0 bridgehead atoms. The Hall–Kier alpha value is -1.89. The van der Waals surface area contributed by atoms with Gasteiger partial charge in [-0.1, -0.05) is 6.92 Å². The van der Waals surface area contributed by atoms with Gasteiger partial charge in [-0.25, -0.2) is 4.79 Å². The zero-order valence-corrected chi connectivity index (χ0v) is 13.2. The summed E-state index contributed by atoms with van der Waals surface area (Å²) in [7, 11) is 0. The molecule has 0 unspecified atom stereocenters. The fourth-order valence-corrected chi connectivity index (χ4v) is 2.61. The normalized spacial score (nSPS) is 11.0. The summed E-state index contributed by atoms with van der Waals surface area (Å²) in [6, 6.07) is 1.39. The van der Waals surface area contributed by atoms with Crippen LogP contribution in [-0.2, 0) is 22.6 Å². The van der Waals surface area contributed by atoms with Crippen LogP contribution in [0.25, 0.3) is 0 Å². The molecule has 0 aliphatic carbocycles. The van der Waals surface area contributed by atoms with E-state index in [4.69, 9.17) is 5.11 Å². The number of carbonyl (C=O) groups excluding carboxylic acids is 2. The van der Waals surface area contributed by atoms with Crippen molar-refractivity contribution in [3.8, 4) is 0 Å². The van der Waals surface area contributed by atoms with Gasteiger partial charge in [0.2, 0.25) is 5.91 Å². The Morgan fingerprint density at radius 1 is 1.33 bits per heavy atom. The summed E-state index contributed by atoms with van der Waals surface area (Å²) < 4.78 is 0. The number of hydrogen-bond donors (Lipinski definition) is 3. The third-order valence-corrected chi connectivity index (χ3v) is 4.03. The molecule has 0 aromatic carbocycles. The van der Waals surface area contributed by atoms with E-state index in [0.717, 1.165) is 11.3 Å². The van der Waals surface area contributed by atoms with E-state index in [0.29, 0.717) is 6.54 Å². The minimum atomic E-state index is -1.20. The summed E-state index contributed by atoms with van der Waals surface area (Å²) in [5.41, 5.74) is -0.0355. The number of hydrogen-bond acceptors (Lipinski definition) is 4. The number of rotatable bonds is 6. The lowest BCUT2D eigenvalue weighted by molar-refractivity contribution is -0.149. The van der Waals surface area contributed by atoms with E-state index in [2.05, 4.69) is 10.6 Å². The van der Waals surface area contributed by atoms with Crippen molar-refractivity contribution < 1.29 is 19.5 Å². The van der Waals surface area contributed by atoms with Crippen molar-refractivity contribution in [2.75, 3.05) is 0 Å². The minimum Gasteiger partial charge on any atom is -0.481 e. The molecule has 1 aromatic rings. The third-order valence-electron chi connectivity index (χ3n) is 3.06. The molecule has 116 valence electrons. The zero-order chi connectivity index (χ0) is 16.0. The maximum absolute atomic E-state index is 11.6. The highest BCUT2D eigenvalue weighted by Crippen LogP contribution is 2.20. The van der Waals surface area contributed by atoms with Crippen LogP contribution in [0.1, 0.15) is 37.6 Å². The number of urea groups is 1. The molecule has 0 spiro atoms. The molecule has 21 heavy (non-hydrogen) atoms. The average Bonchev–Trinajstić information content (AvgIpc) is 2.82. The van der Waals surface area contributed by atoms with Crippen molar-refractivity contribution in [1.29, 1.82) is 0 Å². The first-order chi connectivity index (χ1) is 9.76. The summed E-state index contributed by atoms with van der Waals surface area (Å²) in [4.78, 5) is 35.2. The second kappa shape index (κ2) is 7.21. The number of amides is 3. The lowest BCUT2D eigenvalue weighted by Crippen LogP contribution is -2.41. The molecule has 1 heterocycles. The predicted octanol–water partition coefficient (Wildman–Crippen LogP) is 2.14. The van der Waals surface area contributed by atoms with Gasteiger partial charge in [0.05, 0.1) is 12.0 Å². The number of imide groups is 1. The van der Waals surface area contributed by atoms with Gasteiger partial charge in [0.15, 0.2) is 0 Å². The van der Waals surface area contributed by atoms with Gasteiger partial charge in [0.25, 0.3) is 0 Å². The van der Waals surface area contributed by atoms with Crippen LogP contribution in [0.5, 0.6) is 0 Å². The number of aryl methyl sites for hydroxylation is 1. The van der Waals surface area contributed by atoms with E-state index < -0.39 is 23.3 Å². The van der Waals surface area contributed by atoms with Crippen LogP contribution < -0.4 is 10.6 Å². The summed E-state index contributed by atoms with van der Waals surface area (Å²) in [6.45, 7) is 5.25. The quantitative estimate of drug-likeness (QED) is 0.750. The molecule has 0 saturated heterocycles. The van der Waals surface area contributed by atoms with Crippen molar-refractivity contribution >= 4 is 29.2 Å². The third kappa shape index (κ3) is 5.18. The second-order valence-electron chi connectivity index (χ2n) is 5.32. The van der Waals surface area contributed by atoms with E-state index in [9.17, 15) is 14.4 Å². The number of carbonyl (C=O) groups is 3. The molecular formula is C14H20N2O4S. The molecular weight excluding hydrogens is 292 g/mol. The predicted molar refractivity (Wildman–Crippen MR) is 80.1 cm³/mol. The fraction of sp³-hybridized carbons (Fsp3) is 0.500. The van der Waals surface area contributed by atoms with E-state index in [-0.39, 0.29) is 6.42 Å². The summed E-state index contributed by atoms with van der Waals surface area (Å²) in [5.74, 6) is -1.69. The van der Waals surface area contributed by atoms with Gasteiger partial charge in [-0.3, -0.25) is 14.9 Å². The fourth-order valence-electron chi connectivity index (χ4n) is 1.69. The van der Waals surface area contributed by atoms with Gasteiger partial charge in [-0.2, -0.15) is 0 Å². The van der Waals surface area contributed by atoms with Crippen LogP contribution in [0.2, 0.25) is 0 Å². The van der Waals surface area contributed by atoms with Crippen molar-refractivity contribution in [1.82, 2.24) is 10.6 Å². The first kappa shape index (κ1) is 17.2. The number of thiophene rings is 1. The van der Waals surface area contributed by atoms with Gasteiger partial charge < -0.3 is 10.4 Å². The molecule has 0 atom stereocenters. The van der Waals surface area contributed by atoms with Gasteiger partial charge in [-0.15, -0.1) is 11.3 Å². The Labute approximate surface area is 127 Å². The van der Waals surface area contributed by atoms with E-state index in [1.165, 1.54) is 19.4 Å². The van der Waals surface area contributed by atoms with Crippen molar-refractivity contribution in [3.05, 3.63) is 21.9 Å². The van der Waals surface area contributed by atoms with Gasteiger partial charge in [-0.05, 0) is 37.3 Å². The molecule has 0 aliphatic rings. The van der Waals surface area contributed by atoms with Gasteiger partial charge >= 0.3 is 12.0 Å². The Bertz CT molecular complexity index is 537. The summed E-state index contributed by atoms with van der Waals surface area (Å²) in [5, 5.41) is 15.6. The molecule has 3 N–H and O–H groups in total. The van der Waals surface area contributed by atoms with E-state index >= 15 is 0 Å². The number of aliphatic carboxylic acids is 1. The lowest BCUT2D eigenvalue weighted by Gasteiger charge is -2.17. The van der Waals surface area contributed by atoms with E-state index in [1.807, 2.05) is 18.4 Å². The molecule has 0 fully saturated rings. The first-order valence-corrected chi connectivity index (χ1v) is 7.50. The van der Waals surface area contributed by atoms with Crippen molar-refractivity contribution in [2.45, 2.75) is 40.2 Å². The maximum atomic E-state index is 11.6. The highest BCUT2D eigenvalue weighted by atomic mass is 32.1. The molecule has 0 saturated carbocycles. The van der Waals surface area contributed by atoms with Crippen LogP contribution >= 0.6 is 11.3 Å². The topological polar surface area (TPSA) is 95.5 Å². The van der Waals surface area contributed by atoms with Crippen LogP contribution in [0.15, 0.2) is 11.4 Å². The largest absolute Gasteiger partial charge is 0.481 e. The number of carboxylic acids is 1. The molecule has 0 aliphatic heterocycles. The SMILES string of the molecule is CCc1ccsc1CNC(=O)NC(=O)CC(C)(C)C(=O)O. The van der Waals surface area contributed by atoms with Gasteiger partial charge in [0, 0.05) is 11.3 Å². The molecule has 7 heteroatoms. The molecule has 3 amide bonds. The zero-order valence-electron chi connectivity index (χ0n) is 12.4. The highest BCUT2D eigenvalue weighted by Gasteiger charge is 2.30. The van der Waals surface area contributed by atoms with Crippen LogP contribution in [-0.4, -0.2) is 23.0 Å². The number of nitrogens with one attached hydrogen (secondary N) is 2. The van der Waals surface area contributed by atoms with Crippen LogP contribution in [0.4, 0.5) is 4.79 Å². The lowest BCUT2D eigenvalue weighted by atomic mass is 9.89. The second-order valence-corrected chi connectivity index (χ2v) is 6.32. The Morgan fingerprint density at radius 2 is 2.00 bits per heavy atom. The van der Waals surface area contributed by atoms with Crippen LogP contribution in [0, 0.1) is 5.41 Å². The Balaban J connectivity index is 2.44. The number of carboxylic acid groups (broad SMARTS) is 1. The summed E-state index contributed by atoms with van der Waals surface area (Å²) >= 11 is 1.54. The molecule has 0 radical (unpaired) electrons. The summed E-state index contributed by atoms with van der Waals surface area (Å²) in [6.07, 6.45) is 0.628. The Morgan fingerprint density at radius 3 is 2.57 bits per heavy atom. The molecule has 1 aromatic heterocycles. The standard InChI is InChI=1S/C14H20N2O4S/c1-4-9-5-6-21-10(9)8-15-13(20)16-11(17)7-14(2,3)12(18)19/h5-6H,4,7-8H2,1-3H3,(H,18,19)(H2,15,16,17,20). The Kier molecular flexibility index (Phi) is 5.90. The highest BCUT2D eigenvalue weighted by molar-refractivity contribution is 7.10. The monoisotopic (exact) mass is 312 g/mol. The van der Waals surface area contributed by atoms with Crippen molar-refractivity contribution in [2.24, 2.45) is 5.41 Å². The van der Waals surface area contributed by atoms with Crippen LogP contribution in [0.3, 0.4) is 0 Å². The first-order valence-electron chi connectivity index (χ1n) is 6.62.